The summed E-state index contributed by atoms with van der Waals surface area (Å²) in [5.74, 6) is -0.532. The fourth-order valence-electron chi connectivity index (χ4n) is 2.87. The van der Waals surface area contributed by atoms with Crippen LogP contribution in [0.25, 0.3) is 0 Å². The van der Waals surface area contributed by atoms with Crippen LogP contribution in [0.5, 0.6) is 0 Å². The van der Waals surface area contributed by atoms with E-state index in [2.05, 4.69) is 38.1 Å². The largest absolute Gasteiger partial charge is 0.369 e. The number of hydrogen-bond acceptors (Lipinski definition) is 4. The van der Waals surface area contributed by atoms with Crippen LogP contribution in [-0.4, -0.2) is 49.8 Å². The standard InChI is InChI=1S/C21H22BrN3O2/c1-24-12-14-25(15-13-24)19-8-6-18(7-9-19)23-21(27)11-10-20(26)16-2-4-17(22)5-3-16/h2-11H,12-15H2,1H3,(H,23,27)/b11-10+. The molecule has 3 rings (SSSR count). The predicted molar refractivity (Wildman–Crippen MR) is 112 cm³/mol. The van der Waals surface area contributed by atoms with Gasteiger partial charge in [-0.05, 0) is 61.7 Å². The molecule has 140 valence electrons. The Labute approximate surface area is 167 Å². The number of amides is 1. The van der Waals surface area contributed by atoms with E-state index in [1.165, 1.54) is 12.2 Å². The first kappa shape index (κ1) is 19.3. The molecule has 5 nitrogen and oxygen atoms in total. The maximum atomic E-state index is 12.1. The molecule has 0 bridgehead atoms. The molecule has 0 spiro atoms. The van der Waals surface area contributed by atoms with Crippen LogP contribution >= 0.6 is 15.9 Å². The van der Waals surface area contributed by atoms with Gasteiger partial charge in [-0.2, -0.15) is 0 Å². The van der Waals surface area contributed by atoms with Gasteiger partial charge in [-0.25, -0.2) is 0 Å². The number of carbonyl (C=O) groups excluding carboxylic acids is 2. The smallest absolute Gasteiger partial charge is 0.248 e. The van der Waals surface area contributed by atoms with Crippen LogP contribution in [0.2, 0.25) is 0 Å². The van der Waals surface area contributed by atoms with E-state index in [-0.39, 0.29) is 11.7 Å². The third kappa shape index (κ3) is 5.52. The van der Waals surface area contributed by atoms with Gasteiger partial charge in [0.25, 0.3) is 0 Å². The van der Waals surface area contributed by atoms with E-state index >= 15 is 0 Å². The number of nitrogens with one attached hydrogen (secondary N) is 1. The molecule has 0 unspecified atom stereocenters. The average molecular weight is 428 g/mol. The second-order valence-electron chi connectivity index (χ2n) is 6.53. The maximum absolute atomic E-state index is 12.1. The summed E-state index contributed by atoms with van der Waals surface area (Å²) in [5, 5.41) is 2.78. The SMILES string of the molecule is CN1CCN(c2ccc(NC(=O)/C=C/C(=O)c3ccc(Br)cc3)cc2)CC1. The number of carbonyl (C=O) groups is 2. The Morgan fingerprint density at radius 1 is 0.926 bits per heavy atom. The normalized spacial score (nSPS) is 15.1. The monoisotopic (exact) mass is 427 g/mol. The lowest BCUT2D eigenvalue weighted by Gasteiger charge is -2.34. The summed E-state index contributed by atoms with van der Waals surface area (Å²) in [5.41, 5.74) is 2.40. The molecular formula is C21H22BrN3O2. The van der Waals surface area contributed by atoms with Gasteiger partial charge in [-0.1, -0.05) is 15.9 Å². The van der Waals surface area contributed by atoms with E-state index in [1.807, 2.05) is 24.3 Å². The summed E-state index contributed by atoms with van der Waals surface area (Å²) in [6.45, 7) is 4.11. The highest BCUT2D eigenvalue weighted by atomic mass is 79.9. The molecule has 1 fully saturated rings. The van der Waals surface area contributed by atoms with E-state index in [4.69, 9.17) is 0 Å². The molecular weight excluding hydrogens is 406 g/mol. The number of halogens is 1. The summed E-state index contributed by atoms with van der Waals surface area (Å²) in [4.78, 5) is 28.8. The lowest BCUT2D eigenvalue weighted by molar-refractivity contribution is -0.111. The molecule has 1 saturated heterocycles. The minimum atomic E-state index is -0.326. The summed E-state index contributed by atoms with van der Waals surface area (Å²) >= 11 is 3.33. The first-order chi connectivity index (χ1) is 13.0. The van der Waals surface area contributed by atoms with Crippen molar-refractivity contribution in [2.45, 2.75) is 0 Å². The van der Waals surface area contributed by atoms with Gasteiger partial charge in [0.2, 0.25) is 5.91 Å². The van der Waals surface area contributed by atoms with Crippen LogP contribution in [0.1, 0.15) is 10.4 Å². The molecule has 1 aliphatic heterocycles. The lowest BCUT2D eigenvalue weighted by atomic mass is 10.1. The van der Waals surface area contributed by atoms with Crippen molar-refractivity contribution in [3.63, 3.8) is 0 Å². The van der Waals surface area contributed by atoms with Crippen molar-refractivity contribution in [3.05, 3.63) is 70.7 Å². The number of piperazine rings is 1. The zero-order valence-corrected chi connectivity index (χ0v) is 16.8. The molecule has 0 aromatic heterocycles. The fourth-order valence-corrected chi connectivity index (χ4v) is 3.13. The molecule has 6 heteroatoms. The van der Waals surface area contributed by atoms with Crippen LogP contribution in [0.4, 0.5) is 11.4 Å². The van der Waals surface area contributed by atoms with Gasteiger partial charge in [0, 0.05) is 53.7 Å². The number of ketones is 1. The topological polar surface area (TPSA) is 52.6 Å². The predicted octanol–water partition coefficient (Wildman–Crippen LogP) is 3.58. The van der Waals surface area contributed by atoms with Gasteiger partial charge in [-0.3, -0.25) is 9.59 Å². The van der Waals surface area contributed by atoms with E-state index in [0.29, 0.717) is 11.3 Å². The van der Waals surface area contributed by atoms with Crippen LogP contribution < -0.4 is 10.2 Å². The Balaban J connectivity index is 1.54. The Bertz CT molecular complexity index is 824. The molecule has 1 amide bonds. The minimum Gasteiger partial charge on any atom is -0.369 e. The van der Waals surface area contributed by atoms with Crippen molar-refractivity contribution in [1.82, 2.24) is 4.90 Å². The number of allylic oxidation sites excluding steroid dienone is 1. The van der Waals surface area contributed by atoms with Crippen LogP contribution in [0.15, 0.2) is 65.2 Å². The van der Waals surface area contributed by atoms with Gasteiger partial charge in [-0.15, -0.1) is 0 Å². The van der Waals surface area contributed by atoms with Crippen molar-refractivity contribution in [1.29, 1.82) is 0 Å². The average Bonchev–Trinajstić information content (AvgIpc) is 2.68. The van der Waals surface area contributed by atoms with E-state index < -0.39 is 0 Å². The minimum absolute atomic E-state index is 0.205. The third-order valence-corrected chi connectivity index (χ3v) is 5.05. The molecule has 0 saturated carbocycles. The Morgan fingerprint density at radius 2 is 1.56 bits per heavy atom. The number of benzene rings is 2. The highest BCUT2D eigenvalue weighted by molar-refractivity contribution is 9.10. The van der Waals surface area contributed by atoms with Crippen molar-refractivity contribution in [2.24, 2.45) is 0 Å². The number of likely N-dealkylation sites (N-methyl/N-ethyl adjacent to an activating group) is 1. The zero-order chi connectivity index (χ0) is 19.2. The van der Waals surface area contributed by atoms with Crippen LogP contribution in [-0.2, 0) is 4.79 Å². The molecule has 27 heavy (non-hydrogen) atoms. The first-order valence-corrected chi connectivity index (χ1v) is 9.63. The Kier molecular flexibility index (Phi) is 6.42. The summed E-state index contributed by atoms with van der Waals surface area (Å²) < 4.78 is 0.904. The van der Waals surface area contributed by atoms with Gasteiger partial charge in [0.1, 0.15) is 0 Å². The highest BCUT2D eigenvalue weighted by Gasteiger charge is 2.14. The number of anilines is 2. The lowest BCUT2D eigenvalue weighted by Crippen LogP contribution is -2.44. The second-order valence-corrected chi connectivity index (χ2v) is 7.45. The zero-order valence-electron chi connectivity index (χ0n) is 15.2. The summed E-state index contributed by atoms with van der Waals surface area (Å²) in [6.07, 6.45) is 2.55. The van der Waals surface area contributed by atoms with Crippen LogP contribution in [0.3, 0.4) is 0 Å². The molecule has 0 atom stereocenters. The molecule has 1 aliphatic rings. The summed E-state index contributed by atoms with van der Waals surface area (Å²) in [6, 6.07) is 14.8. The third-order valence-electron chi connectivity index (χ3n) is 4.52. The Morgan fingerprint density at radius 3 is 2.19 bits per heavy atom. The Hall–Kier alpha value is -2.44. The molecule has 1 heterocycles. The van der Waals surface area contributed by atoms with Crippen molar-refractivity contribution in [2.75, 3.05) is 43.4 Å². The van der Waals surface area contributed by atoms with Gasteiger partial charge in [0.15, 0.2) is 5.78 Å². The molecule has 0 radical (unpaired) electrons. The van der Waals surface area contributed by atoms with E-state index in [1.54, 1.807) is 24.3 Å². The van der Waals surface area contributed by atoms with E-state index in [9.17, 15) is 9.59 Å². The maximum Gasteiger partial charge on any atom is 0.248 e. The summed E-state index contributed by atoms with van der Waals surface area (Å²) in [7, 11) is 2.13. The molecule has 2 aromatic rings. The van der Waals surface area contributed by atoms with Gasteiger partial charge >= 0.3 is 0 Å². The van der Waals surface area contributed by atoms with E-state index in [0.717, 1.165) is 36.3 Å². The molecule has 1 N–H and O–H groups in total. The number of rotatable bonds is 5. The fraction of sp³-hybridized carbons (Fsp3) is 0.238. The molecule has 0 aliphatic carbocycles. The molecule has 2 aromatic carbocycles. The number of nitrogens with zero attached hydrogens (tertiary/aromatic N) is 2. The van der Waals surface area contributed by atoms with Crippen LogP contribution in [0, 0.1) is 0 Å². The van der Waals surface area contributed by atoms with Crippen molar-refractivity contribution >= 4 is 39.0 Å². The van der Waals surface area contributed by atoms with Gasteiger partial charge in [0.05, 0.1) is 0 Å². The second kappa shape index (κ2) is 8.97. The van der Waals surface area contributed by atoms with Crippen molar-refractivity contribution < 1.29 is 9.59 Å². The number of hydrogen-bond donors (Lipinski definition) is 1. The van der Waals surface area contributed by atoms with Crippen molar-refractivity contribution in [3.8, 4) is 0 Å². The first-order valence-electron chi connectivity index (χ1n) is 8.84. The highest BCUT2D eigenvalue weighted by Crippen LogP contribution is 2.19. The quantitative estimate of drug-likeness (QED) is 0.585. The van der Waals surface area contributed by atoms with Gasteiger partial charge < -0.3 is 15.1 Å².